The molecule has 0 bridgehead atoms. The highest BCUT2D eigenvalue weighted by Crippen LogP contribution is 2.24. The molecule has 9 heteroatoms. The maximum Gasteiger partial charge on any atom is 0.332 e. The lowest BCUT2D eigenvalue weighted by Crippen LogP contribution is -2.48. The van der Waals surface area contributed by atoms with Crippen LogP contribution in [0.4, 0.5) is 0 Å². The molecule has 1 fully saturated rings. The molecule has 1 amide bonds. The molecule has 0 radical (unpaired) electrons. The number of aromatic nitrogens is 3. The van der Waals surface area contributed by atoms with Gasteiger partial charge in [0.1, 0.15) is 5.65 Å². The Hall–Kier alpha value is -2.13. The number of pyridine rings is 1. The number of nitrogens with zero attached hydrogens (tertiary/aromatic N) is 4. The van der Waals surface area contributed by atoms with E-state index < -0.39 is 11.2 Å². The molecule has 0 saturated carbocycles. The Labute approximate surface area is 154 Å². The number of morpholine rings is 1. The molecule has 3 heterocycles. The Balaban J connectivity index is 1.87. The minimum absolute atomic E-state index is 0.00334. The zero-order valence-electron chi connectivity index (χ0n) is 15.3. The van der Waals surface area contributed by atoms with Crippen molar-refractivity contribution < 1.29 is 9.53 Å². The molecule has 1 saturated heterocycles. The second-order valence-corrected chi connectivity index (χ2v) is 7.58. The minimum Gasteiger partial charge on any atom is -0.372 e. The van der Waals surface area contributed by atoms with Gasteiger partial charge < -0.3 is 9.64 Å². The molecule has 0 unspecified atom stereocenters. The van der Waals surface area contributed by atoms with Crippen LogP contribution in [0.2, 0.25) is 0 Å². The Bertz CT molecular complexity index is 958. The second kappa shape index (κ2) is 7.24. The highest BCUT2D eigenvalue weighted by Gasteiger charge is 2.26. The Kier molecular flexibility index (Phi) is 5.19. The van der Waals surface area contributed by atoms with Crippen molar-refractivity contribution in [1.29, 1.82) is 0 Å². The molecule has 1 aliphatic rings. The highest BCUT2D eigenvalue weighted by atomic mass is 32.2. The number of hydrogen-bond acceptors (Lipinski definition) is 6. The summed E-state index contributed by atoms with van der Waals surface area (Å²) < 4.78 is 8.05. The molecule has 2 atom stereocenters. The fourth-order valence-electron chi connectivity index (χ4n) is 3.19. The Morgan fingerprint density at radius 2 is 1.88 bits per heavy atom. The van der Waals surface area contributed by atoms with Crippen molar-refractivity contribution in [3.63, 3.8) is 0 Å². The molecule has 0 aromatic carbocycles. The van der Waals surface area contributed by atoms with Crippen LogP contribution in [0.1, 0.15) is 13.8 Å². The number of fused-ring (bicyclic) bond motifs is 1. The monoisotopic (exact) mass is 378 g/mol. The molecule has 0 N–H and O–H groups in total. The molecular formula is C17H22N4O4S. The molecule has 2 aromatic rings. The van der Waals surface area contributed by atoms with Gasteiger partial charge >= 0.3 is 5.69 Å². The van der Waals surface area contributed by atoms with Gasteiger partial charge in [0.25, 0.3) is 5.56 Å². The van der Waals surface area contributed by atoms with Crippen molar-refractivity contribution in [3.05, 3.63) is 33.1 Å². The number of carbonyl (C=O) groups excluding carboxylic acids is 1. The van der Waals surface area contributed by atoms with Crippen molar-refractivity contribution >= 4 is 28.7 Å². The predicted octanol–water partition coefficient (Wildman–Crippen LogP) is 0.360. The lowest BCUT2D eigenvalue weighted by molar-refractivity contribution is -0.140. The van der Waals surface area contributed by atoms with Crippen LogP contribution in [-0.4, -0.2) is 56.0 Å². The SMILES string of the molecule is C[C@@H]1CN(C(=O)CSc2ccnc3c2c(=O)n(C)c(=O)n3C)C[C@H](C)O1. The molecule has 1 aliphatic heterocycles. The van der Waals surface area contributed by atoms with Gasteiger partial charge in [0, 0.05) is 38.3 Å². The number of amides is 1. The average Bonchev–Trinajstić information content (AvgIpc) is 2.61. The first kappa shape index (κ1) is 18.7. The predicted molar refractivity (Wildman–Crippen MR) is 99.5 cm³/mol. The first-order chi connectivity index (χ1) is 12.3. The van der Waals surface area contributed by atoms with Crippen LogP contribution in [0.15, 0.2) is 26.7 Å². The van der Waals surface area contributed by atoms with Gasteiger partial charge in [0.2, 0.25) is 5.91 Å². The number of aryl methyl sites for hydroxylation is 1. The lowest BCUT2D eigenvalue weighted by atomic mass is 10.2. The quantitative estimate of drug-likeness (QED) is 0.717. The minimum atomic E-state index is -0.426. The fraction of sp³-hybridized carbons (Fsp3) is 0.529. The van der Waals surface area contributed by atoms with Crippen LogP contribution in [0.3, 0.4) is 0 Å². The summed E-state index contributed by atoms with van der Waals surface area (Å²) in [7, 11) is 3.01. The summed E-state index contributed by atoms with van der Waals surface area (Å²) in [5, 5.41) is 0.360. The maximum absolute atomic E-state index is 12.6. The standard InChI is InChI=1S/C17H22N4O4S/c1-10-7-21(8-11(2)25-10)13(22)9-26-12-5-6-18-15-14(12)16(23)20(4)17(24)19(15)3/h5-6,10-11H,7-9H2,1-4H3/t10-,11+. The molecule has 0 spiro atoms. The molecule has 0 aliphatic carbocycles. The highest BCUT2D eigenvalue weighted by molar-refractivity contribution is 8.00. The first-order valence-electron chi connectivity index (χ1n) is 8.40. The van der Waals surface area contributed by atoms with Crippen LogP contribution in [0.25, 0.3) is 11.0 Å². The number of ether oxygens (including phenoxy) is 1. The molecule has 26 heavy (non-hydrogen) atoms. The zero-order valence-corrected chi connectivity index (χ0v) is 16.1. The van der Waals surface area contributed by atoms with E-state index in [0.29, 0.717) is 29.0 Å². The van der Waals surface area contributed by atoms with Crippen molar-refractivity contribution in [2.75, 3.05) is 18.8 Å². The molecule has 140 valence electrons. The van der Waals surface area contributed by atoms with Crippen LogP contribution < -0.4 is 11.2 Å². The van der Waals surface area contributed by atoms with Crippen molar-refractivity contribution in [2.45, 2.75) is 31.0 Å². The van der Waals surface area contributed by atoms with E-state index in [1.807, 2.05) is 13.8 Å². The van der Waals surface area contributed by atoms with E-state index in [-0.39, 0.29) is 23.9 Å². The van der Waals surface area contributed by atoms with E-state index in [0.717, 1.165) is 4.57 Å². The van der Waals surface area contributed by atoms with Gasteiger partial charge in [0.15, 0.2) is 0 Å². The van der Waals surface area contributed by atoms with Gasteiger partial charge in [-0.05, 0) is 19.9 Å². The zero-order chi connectivity index (χ0) is 19.0. The normalized spacial score (nSPS) is 20.5. The van der Waals surface area contributed by atoms with Gasteiger partial charge in [-0.3, -0.25) is 18.7 Å². The van der Waals surface area contributed by atoms with Crippen LogP contribution in [0.5, 0.6) is 0 Å². The Morgan fingerprint density at radius 1 is 1.23 bits per heavy atom. The van der Waals surface area contributed by atoms with E-state index in [4.69, 9.17) is 4.74 Å². The summed E-state index contributed by atoms with van der Waals surface area (Å²) in [6.07, 6.45) is 1.57. The van der Waals surface area contributed by atoms with Crippen LogP contribution in [-0.2, 0) is 23.6 Å². The van der Waals surface area contributed by atoms with Crippen molar-refractivity contribution in [1.82, 2.24) is 19.0 Å². The number of carbonyl (C=O) groups is 1. The van der Waals surface area contributed by atoms with E-state index in [9.17, 15) is 14.4 Å². The number of hydrogen-bond donors (Lipinski definition) is 0. The van der Waals surface area contributed by atoms with Crippen LogP contribution >= 0.6 is 11.8 Å². The maximum atomic E-state index is 12.6. The molecular weight excluding hydrogens is 356 g/mol. The summed E-state index contributed by atoms with van der Waals surface area (Å²) >= 11 is 1.29. The van der Waals surface area contributed by atoms with Crippen LogP contribution in [0, 0.1) is 0 Å². The van der Waals surface area contributed by atoms with E-state index in [1.54, 1.807) is 24.2 Å². The van der Waals surface area contributed by atoms with Gasteiger partial charge in [-0.15, -0.1) is 11.8 Å². The smallest absolute Gasteiger partial charge is 0.332 e. The number of rotatable bonds is 3. The summed E-state index contributed by atoms with van der Waals surface area (Å²) in [6, 6.07) is 1.71. The van der Waals surface area contributed by atoms with Gasteiger partial charge in [-0.1, -0.05) is 0 Å². The second-order valence-electron chi connectivity index (χ2n) is 6.56. The Morgan fingerprint density at radius 3 is 2.54 bits per heavy atom. The molecule has 8 nitrogen and oxygen atoms in total. The third-order valence-electron chi connectivity index (χ3n) is 4.43. The van der Waals surface area contributed by atoms with Crippen molar-refractivity contribution in [2.24, 2.45) is 14.1 Å². The largest absolute Gasteiger partial charge is 0.372 e. The summed E-state index contributed by atoms with van der Waals surface area (Å²) in [6.45, 7) is 5.03. The molecule has 2 aromatic heterocycles. The van der Waals surface area contributed by atoms with E-state index >= 15 is 0 Å². The summed E-state index contributed by atoms with van der Waals surface area (Å²) in [5.41, 5.74) is -0.506. The number of thioether (sulfide) groups is 1. The lowest BCUT2D eigenvalue weighted by Gasteiger charge is -2.35. The molecule has 3 rings (SSSR count). The summed E-state index contributed by atoms with van der Waals surface area (Å²) in [5.74, 6) is 0.216. The third-order valence-corrected chi connectivity index (χ3v) is 5.47. The van der Waals surface area contributed by atoms with Gasteiger partial charge in [0.05, 0.1) is 23.3 Å². The fourth-order valence-corrected chi connectivity index (χ4v) is 4.13. The third kappa shape index (κ3) is 3.41. The van der Waals surface area contributed by atoms with Crippen molar-refractivity contribution in [3.8, 4) is 0 Å². The van der Waals surface area contributed by atoms with E-state index in [1.165, 1.54) is 23.4 Å². The van der Waals surface area contributed by atoms with E-state index in [2.05, 4.69) is 4.98 Å². The summed E-state index contributed by atoms with van der Waals surface area (Å²) in [4.78, 5) is 43.8. The topological polar surface area (TPSA) is 86.4 Å². The van der Waals surface area contributed by atoms with Gasteiger partial charge in [-0.25, -0.2) is 9.78 Å². The average molecular weight is 378 g/mol. The first-order valence-corrected chi connectivity index (χ1v) is 9.39. The van der Waals surface area contributed by atoms with Gasteiger partial charge in [-0.2, -0.15) is 0 Å².